The summed E-state index contributed by atoms with van der Waals surface area (Å²) in [5.41, 5.74) is 25.6. The third kappa shape index (κ3) is 36.0. The Morgan fingerprint density at radius 2 is 0.821 bits per heavy atom. The van der Waals surface area contributed by atoms with Crippen LogP contribution in [-0.2, 0) is 77.1 Å². The molecule has 1 atom stereocenters. The number of methoxy groups -OCH3 is 9. The number of imidazole rings is 2. The number of thioether (sulfide) groups is 1. The number of nitrogens with one attached hydrogen (secondary N) is 2. The Morgan fingerprint density at radius 3 is 1.22 bits per heavy atom. The number of likely N-dealkylation sites (N-methyl/N-ethyl adjacent to an activating group) is 1. The molecule has 1 unspecified atom stereocenters. The van der Waals surface area contributed by atoms with E-state index in [4.69, 9.17) is 58.3 Å². The number of thiocarbonyl (C=S) groups is 1. The van der Waals surface area contributed by atoms with Crippen molar-refractivity contribution in [2.24, 2.45) is 19.8 Å². The molecule has 7 N–H and O–H groups in total. The summed E-state index contributed by atoms with van der Waals surface area (Å²) in [4.78, 5) is 132. The number of nitro groups is 3. The van der Waals surface area contributed by atoms with Crippen molar-refractivity contribution in [2.45, 2.75) is 131 Å². The maximum Gasteiger partial charge on any atom is 0.338 e. The van der Waals surface area contributed by atoms with Crippen LogP contribution in [0.5, 0.6) is 17.2 Å². The van der Waals surface area contributed by atoms with Gasteiger partial charge in [0.1, 0.15) is 22.9 Å². The van der Waals surface area contributed by atoms with Crippen molar-refractivity contribution in [1.82, 2.24) is 34.1 Å². The van der Waals surface area contributed by atoms with Crippen LogP contribution in [0.4, 0.5) is 48.6 Å². The Bertz CT molecular complexity index is 6490. The van der Waals surface area contributed by atoms with Gasteiger partial charge in [0.2, 0.25) is 11.6 Å². The highest BCUT2D eigenvalue weighted by Crippen LogP contribution is 2.35. The number of aryl methyl sites for hydroxylation is 5. The molecule has 0 aliphatic carbocycles. The predicted octanol–water partition coefficient (Wildman–Crippen LogP) is 19.8. The third-order valence-corrected chi connectivity index (χ3v) is 22.9. The molecule has 45 heteroatoms. The van der Waals surface area contributed by atoms with Crippen molar-refractivity contribution in [3.8, 4) is 17.2 Å². The van der Waals surface area contributed by atoms with E-state index in [1.807, 2.05) is 145 Å². The van der Waals surface area contributed by atoms with E-state index in [0.29, 0.717) is 67.7 Å². The summed E-state index contributed by atoms with van der Waals surface area (Å²) in [6.07, 6.45) is 6.06. The normalized spacial score (nSPS) is 10.3. The molecule has 1 aliphatic heterocycles. The second-order valence-corrected chi connectivity index (χ2v) is 31.3. The van der Waals surface area contributed by atoms with Gasteiger partial charge >= 0.3 is 53.2 Å². The lowest BCUT2D eigenvalue weighted by Gasteiger charge is -2.12. The van der Waals surface area contributed by atoms with Crippen LogP contribution in [0.1, 0.15) is 184 Å². The number of ether oxygens (including phenoxy) is 9. The molecule has 0 fully saturated rings. The molecule has 0 saturated carbocycles. The minimum absolute atomic E-state index is 0.0550. The molecular weight excluding hydrogens is 1960 g/mol. The maximum atomic E-state index is 13.0. The zero-order valence-electron chi connectivity index (χ0n) is 86.5. The number of pyridine rings is 3. The maximum absolute atomic E-state index is 13.0. The van der Waals surface area contributed by atoms with E-state index >= 15 is 0 Å². The minimum Gasteiger partial charge on any atom is -0.496 e. The van der Waals surface area contributed by atoms with Crippen molar-refractivity contribution in [1.29, 1.82) is 0 Å². The number of nitrogens with two attached hydrogens (primary N) is 2. The van der Waals surface area contributed by atoms with E-state index < -0.39 is 72.5 Å². The van der Waals surface area contributed by atoms with Gasteiger partial charge in [-0.05, 0) is 163 Å². The number of carboxylic acids is 1. The van der Waals surface area contributed by atoms with E-state index in [1.165, 1.54) is 60.8 Å². The van der Waals surface area contributed by atoms with Gasteiger partial charge in [-0.3, -0.25) is 49.5 Å². The highest BCUT2D eigenvalue weighted by molar-refractivity contribution is 7.98. The van der Waals surface area contributed by atoms with Crippen molar-refractivity contribution < 1.29 is 109 Å². The molecule has 0 amide bonds. The Hall–Kier alpha value is -15.3. The van der Waals surface area contributed by atoms with Gasteiger partial charge in [-0.25, -0.2) is 43.5 Å². The Morgan fingerprint density at radius 1 is 0.483 bits per heavy atom. The van der Waals surface area contributed by atoms with Crippen LogP contribution < -0.4 is 41.2 Å². The number of esters is 6. The lowest BCUT2D eigenvalue weighted by molar-refractivity contribution is -0.387. The number of carboxylic acid groups (broad SMARTS) is 1. The summed E-state index contributed by atoms with van der Waals surface area (Å²) in [7, 11) is 21.9. The van der Waals surface area contributed by atoms with E-state index in [9.17, 15) is 76.9 Å². The second kappa shape index (κ2) is 65.0. The van der Waals surface area contributed by atoms with E-state index in [2.05, 4.69) is 60.2 Å². The molecule has 6 heterocycles. The van der Waals surface area contributed by atoms with Gasteiger partial charge in [-0.15, -0.1) is 11.6 Å². The topological polar surface area (TPSA) is 523 Å². The largest absolute Gasteiger partial charge is 0.496 e. The average molecular weight is 2090 g/mol. The molecule has 12 aromatic rings. The molecule has 0 radical (unpaired) electrons. The SMILES string of the molecule is CC.CC.CC.CC.CN.CNc1ccc(C(=O)OC)cc1N.CNc1ccc(C(=O)OC)cc1[N+](=O)[O-].COC(=O)c1ccc(F)c([N+](=O)[O-])c1.COC(=O)c1ccc2c(c1)CC(=S)N2C.COC(=O)c1ccc2c(c1)nc(S(=O)Cc1ncc(C)c(OC)c1C)n2C.COC(=O)c1ccc2c(c1)nc(SCc1ncc(C)c(OC)c1C)n2C.COc1c(C)cnc(CCl)c1C.O=C(O)c1ccc(F)c([N+](=O)[O-])c1. The smallest absolute Gasteiger partial charge is 0.338 e. The minimum atomic E-state index is -1.41. The van der Waals surface area contributed by atoms with Crippen molar-refractivity contribution in [2.75, 3.05) is 113 Å². The monoisotopic (exact) mass is 2090 g/mol. The van der Waals surface area contributed by atoms with E-state index in [-0.39, 0.29) is 46.0 Å². The van der Waals surface area contributed by atoms with Crippen molar-refractivity contribution in [3.63, 3.8) is 0 Å². The second-order valence-electron chi connectivity index (χ2n) is 28.2. The molecule has 39 nitrogen and oxygen atoms in total. The molecule has 5 aromatic heterocycles. The van der Waals surface area contributed by atoms with Gasteiger partial charge < -0.3 is 83.9 Å². The summed E-state index contributed by atoms with van der Waals surface area (Å²) in [6.45, 7) is 27.8. The fourth-order valence-corrected chi connectivity index (χ4v) is 15.5. The van der Waals surface area contributed by atoms with Gasteiger partial charge in [0.05, 0.1) is 196 Å². The lowest BCUT2D eigenvalue weighted by atomic mass is 10.1. The molecule has 13 rings (SSSR count). The number of carbonyl (C=O) groups excluding carboxylic acids is 6. The summed E-state index contributed by atoms with van der Waals surface area (Å²) in [5.74, 6) is -2.32. The van der Waals surface area contributed by atoms with Crippen LogP contribution in [0.15, 0.2) is 156 Å². The summed E-state index contributed by atoms with van der Waals surface area (Å²) in [5, 5.41) is 46.4. The summed E-state index contributed by atoms with van der Waals surface area (Å²) in [6, 6.07) is 30.3. The zero-order chi connectivity index (χ0) is 111. The van der Waals surface area contributed by atoms with E-state index in [1.54, 1.807) is 126 Å². The Labute approximate surface area is 857 Å². The number of benzene rings is 7. The first-order chi connectivity index (χ1) is 69.0. The molecule has 0 spiro atoms. The van der Waals surface area contributed by atoms with Gasteiger partial charge in [0.15, 0.2) is 10.3 Å². The van der Waals surface area contributed by atoms with Crippen LogP contribution in [-0.4, -0.2) is 197 Å². The molecule has 1 aliphatic rings. The number of carbonyl (C=O) groups is 7. The molecule has 784 valence electrons. The molecular formula is C100H126ClF2N15O24S3. The summed E-state index contributed by atoms with van der Waals surface area (Å²) >= 11 is 12.5. The number of anilines is 4. The summed E-state index contributed by atoms with van der Waals surface area (Å²) < 4.78 is 85.8. The highest BCUT2D eigenvalue weighted by atomic mass is 35.5. The molecule has 7 aromatic carbocycles. The van der Waals surface area contributed by atoms with Gasteiger partial charge in [0.25, 0.3) is 5.69 Å². The predicted molar refractivity (Wildman–Crippen MR) is 562 cm³/mol. The van der Waals surface area contributed by atoms with Crippen LogP contribution >= 0.6 is 35.6 Å². The van der Waals surface area contributed by atoms with Gasteiger partial charge in [-0.2, -0.15) is 8.78 Å². The number of aromatic nitrogens is 7. The number of nitro benzene ring substituents is 3. The molecule has 145 heavy (non-hydrogen) atoms. The van der Waals surface area contributed by atoms with Crippen LogP contribution in [0.2, 0.25) is 0 Å². The zero-order valence-corrected chi connectivity index (χ0v) is 89.7. The third-order valence-electron chi connectivity index (χ3n) is 19.9. The number of hydrogen-bond acceptors (Lipinski definition) is 34. The van der Waals surface area contributed by atoms with Crippen LogP contribution in [0, 0.1) is 83.5 Å². The standard InChI is InChI=1S/C19H21N3O4S.C19H21N3O3S.C11H11NO2S.C9H12ClNO.C9H10N2O4.C9H12N2O2.C8H6FNO4.C7H4FNO4.4C2H6.CH5N/c1-11-9-20-15(12(2)17(11)25-4)10-27(24)19-21-14-8-13(18(23)26-5)6-7-16(14)22(19)3;1-11-9-20-15(12(2)17(11)24-4)10-26-19-21-14-8-13(18(23)25-5)6-7-16(14)22(19)3;1-12-9-4-3-7(11(13)14-2)5-8(9)6-10(12)15;1-6-5-11-8(4-10)7(2)9(6)12-3;1-10-7-4-3-6(9(12)15-2)5-8(7)11(13)14;1-11-8-4-3-6(5-7(8)10)9(12)13-2;1-14-8(11)5-2-3-6(9)7(4-5)10(12)13;8-5-2-1-4(7(10)11)3-6(5)9(12)13;5*1-2/h6-9H,10H2,1-5H3;6-9H,10H2,1-5H3;3-5H,6H2,1-2H3;5H,4H2,1-3H3;3-5,10H,1-2H3;3-5,11H,10H2,1-2H3;2-4H,1H3;1-3H,(H,10,11);4*1-2H3;2H2,1H3. The average Bonchev–Trinajstić information content (AvgIpc) is 1.63. The number of fused-ring (bicyclic) bond motifs is 3. The number of alkyl halides is 1. The Kier molecular flexibility index (Phi) is 57.3. The number of halogens is 3. The van der Waals surface area contributed by atoms with Crippen LogP contribution in [0.25, 0.3) is 22.1 Å². The molecule has 0 bridgehead atoms. The number of nitrogen functional groups attached to an aromatic ring is 1. The lowest BCUT2D eigenvalue weighted by Crippen LogP contribution is -2.18. The number of nitrogens with zero attached hydrogens (tertiary/aromatic N) is 11. The number of rotatable bonds is 22. The first-order valence-electron chi connectivity index (χ1n) is 44.1. The Balaban J connectivity index is 0.000000833. The van der Waals surface area contributed by atoms with Gasteiger partial charge in [0, 0.05) is 123 Å². The van der Waals surface area contributed by atoms with Crippen LogP contribution in [0.3, 0.4) is 0 Å². The van der Waals surface area contributed by atoms with E-state index in [0.717, 1.165) is 150 Å². The first-order valence-corrected chi connectivity index (χ1v) is 47.4. The highest BCUT2D eigenvalue weighted by Gasteiger charge is 2.26. The number of hydrogen-bond donors (Lipinski definition) is 5. The molecule has 0 saturated heterocycles. The fourth-order valence-electron chi connectivity index (χ4n) is 12.7. The fraction of sp³-hybridized carbons (Fsp3) is 0.330. The van der Waals surface area contributed by atoms with Gasteiger partial charge in [-0.1, -0.05) is 79.4 Å². The quantitative estimate of drug-likeness (QED) is 0.00615. The first kappa shape index (κ1) is 128. The number of aromatic carboxylic acids is 1. The van der Waals surface area contributed by atoms with Crippen molar-refractivity contribution >= 4 is 155 Å². The van der Waals surface area contributed by atoms with Crippen molar-refractivity contribution in [3.05, 3.63) is 283 Å².